The minimum atomic E-state index is -0.548. The molecule has 1 fully saturated rings. The molecule has 3 aromatic rings. The van der Waals surface area contributed by atoms with Crippen LogP contribution in [0, 0.1) is 17.4 Å². The number of amides is 3. The summed E-state index contributed by atoms with van der Waals surface area (Å²) >= 11 is 9.56. The Bertz CT molecular complexity index is 1460. The van der Waals surface area contributed by atoms with Crippen LogP contribution in [0.15, 0.2) is 59.5 Å². The van der Waals surface area contributed by atoms with E-state index in [1.54, 1.807) is 24.3 Å². The minimum Gasteiger partial charge on any atom is -0.490 e. The van der Waals surface area contributed by atoms with E-state index < -0.39 is 17.1 Å². The number of anilines is 1. The van der Waals surface area contributed by atoms with Gasteiger partial charge in [0.15, 0.2) is 11.5 Å². The van der Waals surface area contributed by atoms with E-state index >= 15 is 0 Å². The Balaban J connectivity index is 1.48. The molecule has 0 atom stereocenters. The second-order valence-corrected chi connectivity index (χ2v) is 11.4. The number of hydrogen-bond donors (Lipinski definition) is 1. The standard InChI is InChI=1S/C29H26ClIN2O5S/c1-4-37-24-13-20(12-23(30)27(24)38-16-19-6-8-21(31)9-7-19)14-25-28(35)33(29(36)39-25)15-26(34)32-22-10-5-17(2)18(3)11-22/h5-14H,4,15-16H2,1-3H3,(H,32,34)/b25-14+. The van der Waals surface area contributed by atoms with Crippen LogP contribution < -0.4 is 14.8 Å². The van der Waals surface area contributed by atoms with Gasteiger partial charge in [0.1, 0.15) is 13.2 Å². The second-order valence-electron chi connectivity index (χ2n) is 8.79. The fourth-order valence-corrected chi connectivity index (χ4v) is 5.23. The van der Waals surface area contributed by atoms with Crippen molar-refractivity contribution in [2.24, 2.45) is 0 Å². The third-order valence-corrected chi connectivity index (χ3v) is 7.80. The molecule has 1 heterocycles. The van der Waals surface area contributed by atoms with Crippen molar-refractivity contribution in [3.8, 4) is 11.5 Å². The van der Waals surface area contributed by atoms with Crippen molar-refractivity contribution in [3.63, 3.8) is 0 Å². The summed E-state index contributed by atoms with van der Waals surface area (Å²) in [6.07, 6.45) is 1.56. The van der Waals surface area contributed by atoms with Gasteiger partial charge >= 0.3 is 0 Å². The van der Waals surface area contributed by atoms with Gasteiger partial charge in [-0.2, -0.15) is 0 Å². The summed E-state index contributed by atoms with van der Waals surface area (Å²) in [7, 11) is 0. The lowest BCUT2D eigenvalue weighted by Gasteiger charge is -2.15. The smallest absolute Gasteiger partial charge is 0.294 e. The molecule has 0 saturated carbocycles. The van der Waals surface area contributed by atoms with Crippen LogP contribution in [-0.4, -0.2) is 35.1 Å². The predicted molar refractivity (Wildman–Crippen MR) is 163 cm³/mol. The van der Waals surface area contributed by atoms with Gasteiger partial charge in [-0.05, 0) is 120 Å². The molecule has 1 N–H and O–H groups in total. The van der Waals surface area contributed by atoms with Gasteiger partial charge in [-0.15, -0.1) is 0 Å². The first-order valence-electron chi connectivity index (χ1n) is 12.1. The lowest BCUT2D eigenvalue weighted by molar-refractivity contribution is -0.127. The number of thioether (sulfide) groups is 1. The largest absolute Gasteiger partial charge is 0.490 e. The molecule has 7 nitrogen and oxygen atoms in total. The monoisotopic (exact) mass is 676 g/mol. The van der Waals surface area contributed by atoms with Gasteiger partial charge in [0.2, 0.25) is 5.91 Å². The molecule has 0 aromatic heterocycles. The quantitative estimate of drug-likeness (QED) is 0.191. The number of hydrogen-bond acceptors (Lipinski definition) is 6. The number of nitrogens with one attached hydrogen (secondary N) is 1. The molecule has 10 heteroatoms. The summed E-state index contributed by atoms with van der Waals surface area (Å²) in [6.45, 7) is 6.07. The molecule has 3 amide bonds. The highest BCUT2D eigenvalue weighted by Crippen LogP contribution is 2.39. The minimum absolute atomic E-state index is 0.185. The van der Waals surface area contributed by atoms with Crippen LogP contribution in [-0.2, 0) is 16.2 Å². The topological polar surface area (TPSA) is 84.9 Å². The first-order chi connectivity index (χ1) is 18.6. The van der Waals surface area contributed by atoms with Crippen molar-refractivity contribution in [1.82, 2.24) is 4.90 Å². The van der Waals surface area contributed by atoms with Crippen molar-refractivity contribution in [3.05, 3.63) is 90.3 Å². The maximum atomic E-state index is 13.0. The molecule has 1 saturated heterocycles. The highest BCUT2D eigenvalue weighted by Gasteiger charge is 2.36. The zero-order chi connectivity index (χ0) is 28.1. The molecule has 0 unspecified atom stereocenters. The molecule has 1 aliphatic heterocycles. The van der Waals surface area contributed by atoms with Gasteiger partial charge in [-0.25, -0.2) is 0 Å². The van der Waals surface area contributed by atoms with Crippen molar-refractivity contribution in [2.45, 2.75) is 27.4 Å². The normalized spacial score (nSPS) is 14.2. The van der Waals surface area contributed by atoms with Gasteiger partial charge in [-0.1, -0.05) is 29.8 Å². The third kappa shape index (κ3) is 7.34. The summed E-state index contributed by atoms with van der Waals surface area (Å²) in [5.74, 6) is -0.189. The summed E-state index contributed by atoms with van der Waals surface area (Å²) in [6, 6.07) is 16.8. The molecule has 1 aliphatic rings. The van der Waals surface area contributed by atoms with Crippen molar-refractivity contribution < 1.29 is 23.9 Å². The molecule has 4 rings (SSSR count). The number of carbonyl (C=O) groups is 3. The molecular weight excluding hydrogens is 651 g/mol. The van der Waals surface area contributed by atoms with Gasteiger partial charge < -0.3 is 14.8 Å². The zero-order valence-corrected chi connectivity index (χ0v) is 25.3. The van der Waals surface area contributed by atoms with Crippen molar-refractivity contribution >= 4 is 74.8 Å². The second kappa shape index (κ2) is 12.9. The van der Waals surface area contributed by atoms with E-state index in [-0.39, 0.29) is 11.4 Å². The average molecular weight is 677 g/mol. The van der Waals surface area contributed by atoms with Gasteiger partial charge in [0, 0.05) is 9.26 Å². The van der Waals surface area contributed by atoms with E-state index in [4.69, 9.17) is 21.1 Å². The van der Waals surface area contributed by atoms with E-state index in [9.17, 15) is 14.4 Å². The van der Waals surface area contributed by atoms with Crippen LogP contribution in [0.25, 0.3) is 6.08 Å². The number of rotatable bonds is 9. The summed E-state index contributed by atoms with van der Waals surface area (Å²) < 4.78 is 12.9. The fraction of sp³-hybridized carbons (Fsp3) is 0.207. The molecule has 0 radical (unpaired) electrons. The Morgan fingerprint density at radius 1 is 1.05 bits per heavy atom. The molecule has 39 heavy (non-hydrogen) atoms. The number of imide groups is 1. The van der Waals surface area contributed by atoms with E-state index in [1.807, 2.05) is 57.2 Å². The van der Waals surface area contributed by atoms with Crippen LogP contribution in [0.2, 0.25) is 5.02 Å². The van der Waals surface area contributed by atoms with E-state index in [2.05, 4.69) is 27.9 Å². The van der Waals surface area contributed by atoms with Crippen molar-refractivity contribution in [2.75, 3.05) is 18.5 Å². The number of benzene rings is 3. The van der Waals surface area contributed by atoms with E-state index in [0.29, 0.717) is 41.0 Å². The highest BCUT2D eigenvalue weighted by atomic mass is 127. The lowest BCUT2D eigenvalue weighted by Crippen LogP contribution is -2.36. The number of carbonyl (C=O) groups excluding carboxylic acids is 3. The highest BCUT2D eigenvalue weighted by molar-refractivity contribution is 14.1. The third-order valence-electron chi connectivity index (χ3n) is 5.89. The van der Waals surface area contributed by atoms with Crippen LogP contribution >= 0.6 is 46.0 Å². The molecule has 0 spiro atoms. The van der Waals surface area contributed by atoms with Crippen LogP contribution in [0.3, 0.4) is 0 Å². The Kier molecular flexibility index (Phi) is 9.58. The fourth-order valence-electron chi connectivity index (χ4n) is 3.76. The zero-order valence-electron chi connectivity index (χ0n) is 21.5. The maximum absolute atomic E-state index is 13.0. The number of nitrogens with zero attached hydrogens (tertiary/aromatic N) is 1. The summed E-state index contributed by atoms with van der Waals surface area (Å²) in [5, 5.41) is 2.53. The Morgan fingerprint density at radius 3 is 2.49 bits per heavy atom. The lowest BCUT2D eigenvalue weighted by atomic mass is 10.1. The average Bonchev–Trinajstić information content (AvgIpc) is 3.14. The van der Waals surface area contributed by atoms with Gasteiger partial charge in [-0.3, -0.25) is 19.3 Å². The Morgan fingerprint density at radius 2 is 1.79 bits per heavy atom. The van der Waals surface area contributed by atoms with Crippen LogP contribution in [0.4, 0.5) is 10.5 Å². The first kappa shape index (κ1) is 29.0. The SMILES string of the molecule is CCOc1cc(/C=C2/SC(=O)N(CC(=O)Nc3ccc(C)c(C)c3)C2=O)cc(Cl)c1OCc1ccc(I)cc1. The van der Waals surface area contributed by atoms with E-state index in [1.165, 1.54) is 0 Å². The number of halogens is 2. The Labute approximate surface area is 250 Å². The summed E-state index contributed by atoms with van der Waals surface area (Å²) in [4.78, 5) is 39.3. The molecular formula is C29H26ClIN2O5S. The Hall–Kier alpha value is -3.02. The van der Waals surface area contributed by atoms with Gasteiger partial charge in [0.05, 0.1) is 16.5 Å². The molecule has 0 aliphatic carbocycles. The first-order valence-corrected chi connectivity index (χ1v) is 14.4. The predicted octanol–water partition coefficient (Wildman–Crippen LogP) is 7.21. The molecule has 202 valence electrons. The van der Waals surface area contributed by atoms with Gasteiger partial charge in [0.25, 0.3) is 11.1 Å². The van der Waals surface area contributed by atoms with E-state index in [0.717, 1.165) is 36.9 Å². The maximum Gasteiger partial charge on any atom is 0.294 e. The molecule has 0 bridgehead atoms. The number of aryl methyl sites for hydroxylation is 2. The van der Waals surface area contributed by atoms with Crippen LogP contribution in [0.5, 0.6) is 11.5 Å². The summed E-state index contributed by atoms with van der Waals surface area (Å²) in [5.41, 5.74) is 4.27. The van der Waals surface area contributed by atoms with Crippen molar-refractivity contribution in [1.29, 1.82) is 0 Å². The number of ether oxygens (including phenoxy) is 2. The van der Waals surface area contributed by atoms with Crippen LogP contribution in [0.1, 0.15) is 29.2 Å². The molecule has 3 aromatic carbocycles.